The van der Waals surface area contributed by atoms with Gasteiger partial charge in [0.2, 0.25) is 0 Å². The van der Waals surface area contributed by atoms with Gasteiger partial charge in [0, 0.05) is 0 Å². The van der Waals surface area contributed by atoms with E-state index in [-0.39, 0.29) is 6.10 Å². The summed E-state index contributed by atoms with van der Waals surface area (Å²) in [5, 5.41) is 0. The third-order valence-corrected chi connectivity index (χ3v) is 4.43. The molecule has 0 aliphatic heterocycles. The van der Waals surface area contributed by atoms with Crippen molar-refractivity contribution in [2.24, 2.45) is 0 Å². The smallest absolute Gasteiger partial charge is 0.426 e. The Morgan fingerprint density at radius 2 is 1.71 bits per heavy atom. The van der Waals surface area contributed by atoms with E-state index in [0.29, 0.717) is 5.75 Å². The van der Waals surface area contributed by atoms with Crippen molar-refractivity contribution >= 4 is 6.16 Å². The Hall–Kier alpha value is -2.29. The van der Waals surface area contributed by atoms with Crippen LogP contribution in [0.15, 0.2) is 42.5 Å². The molecule has 2 aromatic rings. The maximum absolute atomic E-state index is 12.3. The summed E-state index contributed by atoms with van der Waals surface area (Å²) in [7, 11) is 0. The molecule has 1 unspecified atom stereocenters. The van der Waals surface area contributed by atoms with E-state index in [9.17, 15) is 4.79 Å². The van der Waals surface area contributed by atoms with E-state index in [1.165, 1.54) is 5.56 Å². The molecule has 1 atom stereocenters. The van der Waals surface area contributed by atoms with Gasteiger partial charge < -0.3 is 9.47 Å². The number of ether oxygens (including phenoxy) is 2. The van der Waals surface area contributed by atoms with Crippen molar-refractivity contribution in [1.82, 2.24) is 0 Å². The van der Waals surface area contributed by atoms with Crippen molar-refractivity contribution in [1.29, 1.82) is 0 Å². The van der Waals surface area contributed by atoms with Crippen molar-refractivity contribution < 1.29 is 14.3 Å². The third-order valence-electron chi connectivity index (χ3n) is 4.43. The first kappa shape index (κ1) is 18.1. The van der Waals surface area contributed by atoms with E-state index in [0.717, 1.165) is 36.0 Å². The highest BCUT2D eigenvalue weighted by molar-refractivity contribution is 5.65. The number of rotatable bonds is 6. The zero-order valence-electron chi connectivity index (χ0n) is 15.0. The minimum atomic E-state index is -0.647. The lowest BCUT2D eigenvalue weighted by atomic mass is 10.0. The van der Waals surface area contributed by atoms with Crippen LogP contribution in [0.2, 0.25) is 0 Å². The zero-order valence-corrected chi connectivity index (χ0v) is 15.0. The van der Waals surface area contributed by atoms with Gasteiger partial charge in [0.25, 0.3) is 0 Å². The van der Waals surface area contributed by atoms with Crippen LogP contribution in [0.4, 0.5) is 4.79 Å². The van der Waals surface area contributed by atoms with Gasteiger partial charge in [-0.2, -0.15) is 0 Å². The molecule has 2 aromatic carbocycles. The molecule has 128 valence electrons. The van der Waals surface area contributed by atoms with Gasteiger partial charge in [-0.1, -0.05) is 49.7 Å². The second kappa shape index (κ2) is 8.53. The first-order chi connectivity index (χ1) is 11.5. The monoisotopic (exact) mass is 326 g/mol. The maximum atomic E-state index is 12.3. The zero-order chi connectivity index (χ0) is 17.5. The fourth-order valence-corrected chi connectivity index (χ4v) is 2.62. The van der Waals surface area contributed by atoms with Gasteiger partial charge in [0.1, 0.15) is 11.9 Å². The van der Waals surface area contributed by atoms with Crippen LogP contribution < -0.4 is 4.74 Å². The van der Waals surface area contributed by atoms with E-state index in [4.69, 9.17) is 9.47 Å². The second-order valence-corrected chi connectivity index (χ2v) is 6.14. The van der Waals surface area contributed by atoms with E-state index in [1.54, 1.807) is 0 Å². The van der Waals surface area contributed by atoms with Crippen LogP contribution >= 0.6 is 0 Å². The molecule has 0 bridgehead atoms. The Morgan fingerprint density at radius 1 is 1.00 bits per heavy atom. The second-order valence-electron chi connectivity index (χ2n) is 6.14. The Labute approximate surface area is 144 Å². The number of aryl methyl sites for hydroxylation is 1. The van der Waals surface area contributed by atoms with Gasteiger partial charge in [-0.3, -0.25) is 0 Å². The van der Waals surface area contributed by atoms with Crippen molar-refractivity contribution in [2.75, 3.05) is 0 Å². The Bertz CT molecular complexity index is 677. The van der Waals surface area contributed by atoms with Crippen molar-refractivity contribution in [3.63, 3.8) is 0 Å². The molecule has 0 radical (unpaired) electrons. The number of hydrogen-bond donors (Lipinski definition) is 0. The summed E-state index contributed by atoms with van der Waals surface area (Å²) in [4.78, 5) is 12.3. The molecule has 0 aliphatic rings. The van der Waals surface area contributed by atoms with Crippen LogP contribution in [-0.2, 0) is 4.74 Å². The number of carbonyl (C=O) groups excluding carboxylic acids is 1. The summed E-state index contributed by atoms with van der Waals surface area (Å²) in [5.74, 6) is 0.561. The summed E-state index contributed by atoms with van der Waals surface area (Å²) in [6, 6.07) is 13.6. The Balaban J connectivity index is 2.09. The summed E-state index contributed by atoms with van der Waals surface area (Å²) in [6.45, 7) is 8.15. The molecule has 0 heterocycles. The molecule has 0 amide bonds. The van der Waals surface area contributed by atoms with Crippen LogP contribution in [0.25, 0.3) is 0 Å². The van der Waals surface area contributed by atoms with Gasteiger partial charge in [-0.05, 0) is 61.9 Å². The van der Waals surface area contributed by atoms with Gasteiger partial charge in [0.15, 0.2) is 0 Å². The fraction of sp³-hybridized carbons (Fsp3) is 0.381. The predicted octanol–water partition coefficient (Wildman–Crippen LogP) is 6.06. The fourth-order valence-electron chi connectivity index (χ4n) is 2.62. The molecule has 0 aliphatic carbocycles. The lowest BCUT2D eigenvalue weighted by Gasteiger charge is -2.18. The predicted molar refractivity (Wildman–Crippen MR) is 96.5 cm³/mol. The molecule has 0 fully saturated rings. The quantitative estimate of drug-likeness (QED) is 0.478. The number of hydrogen-bond acceptors (Lipinski definition) is 3. The van der Waals surface area contributed by atoms with Crippen molar-refractivity contribution in [3.05, 3.63) is 64.7 Å². The number of unbranched alkanes of at least 4 members (excludes halogenated alkanes) is 1. The largest absolute Gasteiger partial charge is 0.514 e. The topological polar surface area (TPSA) is 35.5 Å². The number of benzene rings is 2. The average molecular weight is 326 g/mol. The van der Waals surface area contributed by atoms with Gasteiger partial charge >= 0.3 is 6.16 Å². The average Bonchev–Trinajstić information content (AvgIpc) is 2.60. The molecule has 24 heavy (non-hydrogen) atoms. The molecule has 0 N–H and O–H groups in total. The number of carbonyl (C=O) groups is 1. The van der Waals surface area contributed by atoms with E-state index in [1.807, 2.05) is 63.2 Å². The van der Waals surface area contributed by atoms with Crippen LogP contribution in [0, 0.1) is 20.8 Å². The molecular formula is C21H26O3. The van der Waals surface area contributed by atoms with E-state index >= 15 is 0 Å². The summed E-state index contributed by atoms with van der Waals surface area (Å²) in [6.07, 6.45) is 1.92. The normalized spacial score (nSPS) is 11.8. The first-order valence-electron chi connectivity index (χ1n) is 8.53. The Morgan fingerprint density at radius 3 is 2.38 bits per heavy atom. The first-order valence-corrected chi connectivity index (χ1v) is 8.53. The van der Waals surface area contributed by atoms with Crippen LogP contribution in [0.3, 0.4) is 0 Å². The minimum Gasteiger partial charge on any atom is -0.426 e. The molecule has 0 spiro atoms. The maximum Gasteiger partial charge on any atom is 0.514 e. The van der Waals surface area contributed by atoms with Crippen LogP contribution in [0.1, 0.15) is 54.5 Å². The van der Waals surface area contributed by atoms with Crippen LogP contribution in [0.5, 0.6) is 5.75 Å². The standard InChI is InChI=1S/C21H26O3/c1-5-6-12-20(18-10-8-7-9-11-18)24-21(22)23-19-14-13-15(2)16(3)17(19)4/h7-11,13-14,20H,5-6,12H2,1-4H3. The van der Waals surface area contributed by atoms with Crippen molar-refractivity contribution in [3.8, 4) is 5.75 Å². The lowest BCUT2D eigenvalue weighted by molar-refractivity contribution is 0.0528. The van der Waals surface area contributed by atoms with Crippen molar-refractivity contribution in [2.45, 2.75) is 53.1 Å². The van der Waals surface area contributed by atoms with E-state index in [2.05, 4.69) is 6.92 Å². The van der Waals surface area contributed by atoms with Gasteiger partial charge in [-0.15, -0.1) is 0 Å². The van der Waals surface area contributed by atoms with E-state index < -0.39 is 6.16 Å². The third kappa shape index (κ3) is 4.60. The van der Waals surface area contributed by atoms with Gasteiger partial charge in [-0.25, -0.2) is 4.79 Å². The molecule has 0 aromatic heterocycles. The highest BCUT2D eigenvalue weighted by Crippen LogP contribution is 2.27. The molecule has 3 heteroatoms. The minimum absolute atomic E-state index is 0.273. The molecule has 3 nitrogen and oxygen atoms in total. The highest BCUT2D eigenvalue weighted by Gasteiger charge is 2.19. The SMILES string of the molecule is CCCCC(OC(=O)Oc1ccc(C)c(C)c1C)c1ccccc1. The summed E-state index contributed by atoms with van der Waals surface area (Å²) in [5.41, 5.74) is 4.28. The highest BCUT2D eigenvalue weighted by atomic mass is 16.7. The lowest BCUT2D eigenvalue weighted by Crippen LogP contribution is -2.16. The summed E-state index contributed by atoms with van der Waals surface area (Å²) >= 11 is 0. The van der Waals surface area contributed by atoms with Gasteiger partial charge in [0.05, 0.1) is 0 Å². The molecular weight excluding hydrogens is 300 g/mol. The summed E-state index contributed by atoms with van der Waals surface area (Å²) < 4.78 is 11.1. The molecule has 0 saturated heterocycles. The molecule has 2 rings (SSSR count). The Kier molecular flexibility index (Phi) is 6.42. The van der Waals surface area contributed by atoms with Crippen LogP contribution in [-0.4, -0.2) is 6.16 Å². The molecule has 0 saturated carbocycles.